The first-order chi connectivity index (χ1) is 20.0. The first kappa shape index (κ1) is 29.1. The van der Waals surface area contributed by atoms with Gasteiger partial charge in [0.15, 0.2) is 12.4 Å². The number of hydrogen-bond donors (Lipinski definition) is 0. The van der Waals surface area contributed by atoms with E-state index in [2.05, 4.69) is 0 Å². The molecule has 0 saturated carbocycles. The van der Waals surface area contributed by atoms with Crippen LogP contribution in [0.15, 0.2) is 120 Å². The lowest BCUT2D eigenvalue weighted by molar-refractivity contribution is -0.283. The molecule has 214 valence electrons. The van der Waals surface area contributed by atoms with Crippen LogP contribution in [0.1, 0.15) is 22.3 Å². The van der Waals surface area contributed by atoms with Crippen molar-refractivity contribution in [2.24, 2.45) is 0 Å². The van der Waals surface area contributed by atoms with Gasteiger partial charge in [-0.1, -0.05) is 109 Å². The fourth-order valence-corrected chi connectivity index (χ4v) is 5.61. The molecule has 8 heteroatoms. The number of rotatable bonds is 12. The van der Waals surface area contributed by atoms with Gasteiger partial charge in [-0.25, -0.2) is 0 Å². The van der Waals surface area contributed by atoms with E-state index < -0.39 is 34.7 Å². The van der Waals surface area contributed by atoms with Crippen LogP contribution in [0.25, 0.3) is 0 Å². The van der Waals surface area contributed by atoms with Gasteiger partial charge >= 0.3 is 0 Å². The van der Waals surface area contributed by atoms with Gasteiger partial charge in [-0.15, -0.1) is 0 Å². The largest absolute Gasteiger partial charge is 0.368 e. The molecule has 0 amide bonds. The van der Waals surface area contributed by atoms with Crippen LogP contribution in [0.4, 0.5) is 0 Å². The first-order valence-corrected chi connectivity index (χ1v) is 15.0. The van der Waals surface area contributed by atoms with Crippen LogP contribution in [0.5, 0.6) is 0 Å². The molecule has 41 heavy (non-hydrogen) atoms. The Hall–Kier alpha value is -3.37. The van der Waals surface area contributed by atoms with Gasteiger partial charge in [0.25, 0.3) is 10.1 Å². The lowest BCUT2D eigenvalue weighted by Gasteiger charge is -2.41. The summed E-state index contributed by atoms with van der Waals surface area (Å²) in [5.41, 5.74) is 3.76. The van der Waals surface area contributed by atoms with E-state index in [9.17, 15) is 8.42 Å². The van der Waals surface area contributed by atoms with Crippen LogP contribution in [0, 0.1) is 6.92 Å². The van der Waals surface area contributed by atoms with Gasteiger partial charge < -0.3 is 18.9 Å². The molecule has 5 rings (SSSR count). The zero-order valence-corrected chi connectivity index (χ0v) is 23.7. The van der Waals surface area contributed by atoms with Crippen LogP contribution < -0.4 is 0 Å². The molecule has 0 bridgehead atoms. The van der Waals surface area contributed by atoms with Gasteiger partial charge in [0.1, 0.15) is 12.2 Å². The smallest absolute Gasteiger partial charge is 0.297 e. The zero-order valence-electron chi connectivity index (χ0n) is 22.9. The molecule has 1 heterocycles. The third-order valence-electron chi connectivity index (χ3n) is 6.78. The highest BCUT2D eigenvalue weighted by Gasteiger charge is 2.46. The lowest BCUT2D eigenvalue weighted by Crippen LogP contribution is -2.57. The van der Waals surface area contributed by atoms with Crippen molar-refractivity contribution in [2.45, 2.75) is 56.2 Å². The Morgan fingerprint density at radius 2 is 1.12 bits per heavy atom. The SMILES string of the molecule is Cc1ccc(S(=O)(=O)O[C@H]2[C@@H](OCc3ccccc3)OC[C@@H](OCc3ccccc3)[C@H]2OCc2ccccc2)cc1. The molecule has 1 fully saturated rings. The summed E-state index contributed by atoms with van der Waals surface area (Å²) in [4.78, 5) is 0.0408. The minimum Gasteiger partial charge on any atom is -0.368 e. The van der Waals surface area contributed by atoms with Crippen LogP contribution in [0.3, 0.4) is 0 Å². The average molecular weight is 575 g/mol. The minimum atomic E-state index is -4.19. The van der Waals surface area contributed by atoms with Crippen LogP contribution in [0.2, 0.25) is 0 Å². The van der Waals surface area contributed by atoms with E-state index in [4.69, 9.17) is 23.1 Å². The van der Waals surface area contributed by atoms with Gasteiger partial charge in [-0.3, -0.25) is 4.18 Å². The fourth-order valence-electron chi connectivity index (χ4n) is 4.54. The van der Waals surface area contributed by atoms with Crippen molar-refractivity contribution in [3.8, 4) is 0 Å². The standard InChI is InChI=1S/C33H34O7S/c1-25-17-19-29(20-18-25)41(34,35)40-32-31(37-22-27-13-7-3-8-14-27)30(36-21-26-11-5-2-6-12-26)24-39-33(32)38-23-28-15-9-4-10-16-28/h2-20,30-33H,21-24H2,1H3/t30-,31-,32-,33+/m1/s1. The summed E-state index contributed by atoms with van der Waals surface area (Å²) in [5, 5.41) is 0. The summed E-state index contributed by atoms with van der Waals surface area (Å²) in [7, 11) is -4.19. The maximum absolute atomic E-state index is 13.5. The highest BCUT2D eigenvalue weighted by molar-refractivity contribution is 7.86. The normalized spacial score (nSPS) is 21.0. The third-order valence-corrected chi connectivity index (χ3v) is 8.11. The van der Waals surface area contributed by atoms with E-state index in [-0.39, 0.29) is 24.7 Å². The highest BCUT2D eigenvalue weighted by Crippen LogP contribution is 2.30. The summed E-state index contributed by atoms with van der Waals surface area (Å²) < 4.78 is 57.8. The second kappa shape index (κ2) is 14.0. The molecular weight excluding hydrogens is 540 g/mol. The molecule has 1 aliphatic rings. The third kappa shape index (κ3) is 8.10. The topological polar surface area (TPSA) is 80.3 Å². The predicted molar refractivity (Wildman–Crippen MR) is 154 cm³/mol. The van der Waals surface area contributed by atoms with E-state index in [0.29, 0.717) is 6.61 Å². The average Bonchev–Trinajstić information content (AvgIpc) is 3.00. The Labute approximate surface area is 241 Å². The van der Waals surface area contributed by atoms with Crippen LogP contribution in [-0.2, 0) is 53.1 Å². The highest BCUT2D eigenvalue weighted by atomic mass is 32.2. The fraction of sp³-hybridized carbons (Fsp3) is 0.273. The Balaban J connectivity index is 1.43. The number of aryl methyl sites for hydroxylation is 1. The predicted octanol–water partition coefficient (Wildman–Crippen LogP) is 5.81. The molecule has 4 aromatic rings. The Bertz CT molecular complexity index is 1450. The minimum absolute atomic E-state index is 0.0408. The number of benzene rings is 4. The van der Waals surface area contributed by atoms with E-state index in [1.165, 1.54) is 12.1 Å². The molecule has 7 nitrogen and oxygen atoms in total. The first-order valence-electron chi connectivity index (χ1n) is 13.6. The molecule has 0 aromatic heterocycles. The summed E-state index contributed by atoms with van der Waals surface area (Å²) in [6, 6.07) is 35.5. The molecule has 4 aromatic carbocycles. The monoisotopic (exact) mass is 574 g/mol. The van der Waals surface area contributed by atoms with Crippen molar-refractivity contribution < 1.29 is 31.5 Å². The zero-order chi connectivity index (χ0) is 28.5. The van der Waals surface area contributed by atoms with Gasteiger partial charge in [0, 0.05) is 0 Å². The number of hydrogen-bond acceptors (Lipinski definition) is 7. The van der Waals surface area contributed by atoms with Crippen molar-refractivity contribution in [3.63, 3.8) is 0 Å². The Morgan fingerprint density at radius 1 is 0.634 bits per heavy atom. The number of ether oxygens (including phenoxy) is 4. The van der Waals surface area contributed by atoms with Crippen molar-refractivity contribution in [1.82, 2.24) is 0 Å². The second-order valence-corrected chi connectivity index (χ2v) is 11.5. The van der Waals surface area contributed by atoms with E-state index in [1.54, 1.807) is 12.1 Å². The van der Waals surface area contributed by atoms with Gasteiger partial charge in [-0.05, 0) is 35.7 Å². The van der Waals surface area contributed by atoms with Crippen molar-refractivity contribution in [1.29, 1.82) is 0 Å². The van der Waals surface area contributed by atoms with Crippen molar-refractivity contribution >= 4 is 10.1 Å². The summed E-state index contributed by atoms with van der Waals surface area (Å²) in [5.74, 6) is 0. The lowest BCUT2D eigenvalue weighted by atomic mass is 10.0. The molecule has 1 saturated heterocycles. The van der Waals surface area contributed by atoms with Gasteiger partial charge in [-0.2, -0.15) is 8.42 Å². The van der Waals surface area contributed by atoms with Crippen molar-refractivity contribution in [3.05, 3.63) is 138 Å². The van der Waals surface area contributed by atoms with E-state index in [1.807, 2.05) is 97.9 Å². The molecule has 0 radical (unpaired) electrons. The second-order valence-electron chi connectivity index (χ2n) is 9.92. The molecule has 4 atom stereocenters. The van der Waals surface area contributed by atoms with E-state index >= 15 is 0 Å². The maximum atomic E-state index is 13.5. The molecule has 0 spiro atoms. The molecular formula is C33H34O7S. The van der Waals surface area contributed by atoms with Crippen LogP contribution in [-0.4, -0.2) is 39.6 Å². The quantitative estimate of drug-likeness (QED) is 0.198. The maximum Gasteiger partial charge on any atom is 0.297 e. The van der Waals surface area contributed by atoms with Gasteiger partial charge in [0.2, 0.25) is 0 Å². The summed E-state index contributed by atoms with van der Waals surface area (Å²) >= 11 is 0. The Kier molecular flexibility index (Phi) is 9.95. The van der Waals surface area contributed by atoms with E-state index in [0.717, 1.165) is 22.3 Å². The molecule has 1 aliphatic heterocycles. The van der Waals surface area contributed by atoms with Crippen LogP contribution >= 0.6 is 0 Å². The molecule has 0 N–H and O–H groups in total. The Morgan fingerprint density at radius 3 is 1.66 bits per heavy atom. The summed E-state index contributed by atoms with van der Waals surface area (Å²) in [6.07, 6.45) is -3.58. The molecule has 0 aliphatic carbocycles. The summed E-state index contributed by atoms with van der Waals surface area (Å²) in [6.45, 7) is 2.76. The van der Waals surface area contributed by atoms with Crippen molar-refractivity contribution in [2.75, 3.05) is 6.61 Å². The molecule has 0 unspecified atom stereocenters. The van der Waals surface area contributed by atoms with Gasteiger partial charge in [0.05, 0.1) is 31.3 Å².